The highest BCUT2D eigenvalue weighted by atomic mass is 32.1. The van der Waals surface area contributed by atoms with Crippen LogP contribution in [-0.2, 0) is 19.1 Å². The summed E-state index contributed by atoms with van der Waals surface area (Å²) in [5, 5.41) is 0. The minimum Gasteiger partial charge on any atom is -0.490 e. The molecule has 204 valence electrons. The third-order valence-corrected chi connectivity index (χ3v) is 7.13. The van der Waals surface area contributed by atoms with Crippen molar-refractivity contribution in [1.29, 1.82) is 0 Å². The summed E-state index contributed by atoms with van der Waals surface area (Å²) in [5.41, 5.74) is 3.01. The van der Waals surface area contributed by atoms with E-state index in [0.29, 0.717) is 38.7 Å². The van der Waals surface area contributed by atoms with Crippen LogP contribution in [-0.4, -0.2) is 43.4 Å². The topological polar surface area (TPSA) is 105 Å². The van der Waals surface area contributed by atoms with Gasteiger partial charge in [-0.05, 0) is 62.6 Å². The van der Waals surface area contributed by atoms with Crippen molar-refractivity contribution in [1.82, 2.24) is 4.57 Å². The van der Waals surface area contributed by atoms with E-state index in [1.807, 2.05) is 44.2 Å². The number of nitrogens with zero attached hydrogens (tertiary/aromatic N) is 2. The Hall–Kier alpha value is -4.18. The first kappa shape index (κ1) is 27.8. The minimum atomic E-state index is -0.812. The molecule has 0 N–H and O–H groups in total. The largest absolute Gasteiger partial charge is 0.490 e. The molecule has 4 rings (SSSR count). The monoisotopic (exact) mass is 550 g/mol. The van der Waals surface area contributed by atoms with Crippen LogP contribution in [0.5, 0.6) is 11.5 Å². The van der Waals surface area contributed by atoms with Gasteiger partial charge in [0.25, 0.3) is 5.56 Å². The highest BCUT2D eigenvalue weighted by Crippen LogP contribution is 2.36. The van der Waals surface area contributed by atoms with Gasteiger partial charge in [0.05, 0.1) is 42.2 Å². The van der Waals surface area contributed by atoms with Crippen molar-refractivity contribution in [3.05, 3.63) is 90.1 Å². The molecule has 39 heavy (non-hydrogen) atoms. The minimum absolute atomic E-state index is 0.171. The Bertz CT molecular complexity index is 1620. The van der Waals surface area contributed by atoms with E-state index in [1.54, 1.807) is 32.0 Å². The predicted octanol–water partition coefficient (Wildman–Crippen LogP) is 3.06. The number of aromatic nitrogens is 1. The molecule has 0 aliphatic carbocycles. The number of carbonyl (C=O) groups is 2. The van der Waals surface area contributed by atoms with Crippen LogP contribution in [0.4, 0.5) is 0 Å². The molecule has 0 amide bonds. The Morgan fingerprint density at radius 1 is 1.05 bits per heavy atom. The number of hydrogen-bond donors (Lipinski definition) is 0. The molecule has 1 aliphatic rings. The molecule has 1 aromatic heterocycles. The van der Waals surface area contributed by atoms with Gasteiger partial charge >= 0.3 is 11.9 Å². The first-order valence-corrected chi connectivity index (χ1v) is 13.3. The normalized spacial score (nSPS) is 14.9. The standard InChI is InChI=1S/C29H30N2O7S/c1-6-36-22-14-20(12-13-21(22)38-16-24(32)35-5)26-25(28(34)37-7-2)18(4)30-29-31(26)27(33)23(39-29)15-19-11-9-8-10-17(19)3/h8-15,26H,6-7,16H2,1-5H3/b23-15-/t26-/m1/s1. The fraction of sp³-hybridized carbons (Fsp3) is 0.310. The SMILES string of the molecule is CCOC(=O)C1=C(C)N=c2s/c(=C\c3ccccc3C)c(=O)n2[C@@H]1c1ccc(OCC(=O)OC)c(OCC)c1. The molecule has 2 heterocycles. The first-order valence-electron chi connectivity index (χ1n) is 12.5. The van der Waals surface area contributed by atoms with Crippen LogP contribution >= 0.6 is 11.3 Å². The number of esters is 2. The molecule has 0 unspecified atom stereocenters. The second kappa shape index (κ2) is 12.1. The Morgan fingerprint density at radius 3 is 2.51 bits per heavy atom. The molecule has 0 spiro atoms. The van der Waals surface area contributed by atoms with Crippen LogP contribution in [0.15, 0.2) is 63.5 Å². The van der Waals surface area contributed by atoms with Gasteiger partial charge in [-0.25, -0.2) is 14.6 Å². The molecule has 1 aliphatic heterocycles. The number of thiazole rings is 1. The number of fused-ring (bicyclic) bond motifs is 1. The molecule has 0 saturated carbocycles. The highest BCUT2D eigenvalue weighted by Gasteiger charge is 2.34. The van der Waals surface area contributed by atoms with Crippen molar-refractivity contribution in [3.63, 3.8) is 0 Å². The van der Waals surface area contributed by atoms with Crippen molar-refractivity contribution in [2.75, 3.05) is 26.9 Å². The first-order chi connectivity index (χ1) is 18.8. The molecule has 10 heteroatoms. The van der Waals surface area contributed by atoms with Gasteiger partial charge in [0, 0.05) is 0 Å². The van der Waals surface area contributed by atoms with Crippen LogP contribution < -0.4 is 24.4 Å². The van der Waals surface area contributed by atoms with Crippen LogP contribution in [0.25, 0.3) is 6.08 Å². The number of allylic oxidation sites excluding steroid dienone is 1. The van der Waals surface area contributed by atoms with Gasteiger partial charge < -0.3 is 18.9 Å². The van der Waals surface area contributed by atoms with E-state index in [4.69, 9.17) is 14.2 Å². The second-order valence-electron chi connectivity index (χ2n) is 8.66. The molecule has 0 fully saturated rings. The zero-order valence-electron chi connectivity index (χ0n) is 22.5. The Morgan fingerprint density at radius 2 is 1.82 bits per heavy atom. The lowest BCUT2D eigenvalue weighted by Gasteiger charge is -2.25. The van der Waals surface area contributed by atoms with Gasteiger partial charge in [-0.15, -0.1) is 0 Å². The van der Waals surface area contributed by atoms with Crippen molar-refractivity contribution in [2.45, 2.75) is 33.7 Å². The molecule has 3 aromatic rings. The van der Waals surface area contributed by atoms with Gasteiger partial charge in [0.15, 0.2) is 22.9 Å². The molecule has 0 bridgehead atoms. The number of carbonyl (C=O) groups excluding carboxylic acids is 2. The van der Waals surface area contributed by atoms with Gasteiger partial charge in [-0.3, -0.25) is 9.36 Å². The summed E-state index contributed by atoms with van der Waals surface area (Å²) in [6.07, 6.45) is 1.84. The maximum absolute atomic E-state index is 13.8. The van der Waals surface area contributed by atoms with Crippen molar-refractivity contribution < 1.29 is 28.5 Å². The van der Waals surface area contributed by atoms with Gasteiger partial charge in [0.2, 0.25) is 0 Å². The smallest absolute Gasteiger partial charge is 0.343 e. The maximum Gasteiger partial charge on any atom is 0.343 e. The number of aryl methyl sites for hydroxylation is 1. The summed E-state index contributed by atoms with van der Waals surface area (Å²) >= 11 is 1.26. The second-order valence-corrected chi connectivity index (χ2v) is 9.67. The predicted molar refractivity (Wildman–Crippen MR) is 147 cm³/mol. The molecule has 0 radical (unpaired) electrons. The summed E-state index contributed by atoms with van der Waals surface area (Å²) in [5.74, 6) is -0.401. The molecular weight excluding hydrogens is 520 g/mol. The lowest BCUT2D eigenvalue weighted by molar-refractivity contribution is -0.143. The zero-order chi connectivity index (χ0) is 28.1. The summed E-state index contributed by atoms with van der Waals surface area (Å²) in [6, 6.07) is 12.1. The van der Waals surface area contributed by atoms with Crippen molar-refractivity contribution >= 4 is 29.4 Å². The number of benzene rings is 2. The molecule has 9 nitrogen and oxygen atoms in total. The third-order valence-electron chi connectivity index (χ3n) is 6.15. The quantitative estimate of drug-likeness (QED) is 0.377. The lowest BCUT2D eigenvalue weighted by atomic mass is 9.95. The Labute approximate surface area is 229 Å². The van der Waals surface area contributed by atoms with Crippen LogP contribution in [0, 0.1) is 6.92 Å². The number of methoxy groups -OCH3 is 1. The summed E-state index contributed by atoms with van der Waals surface area (Å²) in [4.78, 5) is 43.7. The van der Waals surface area contributed by atoms with E-state index >= 15 is 0 Å². The molecule has 2 aromatic carbocycles. The zero-order valence-corrected chi connectivity index (χ0v) is 23.3. The Kier molecular flexibility index (Phi) is 8.65. The van der Waals surface area contributed by atoms with E-state index < -0.39 is 18.0 Å². The molecular formula is C29H30N2O7S. The summed E-state index contributed by atoms with van der Waals surface area (Å²) in [7, 11) is 1.28. The number of rotatable bonds is 9. The average molecular weight is 551 g/mol. The van der Waals surface area contributed by atoms with Crippen molar-refractivity contribution in [2.24, 2.45) is 4.99 Å². The number of hydrogen-bond acceptors (Lipinski definition) is 9. The summed E-state index contributed by atoms with van der Waals surface area (Å²) < 4.78 is 23.4. The van der Waals surface area contributed by atoms with E-state index in [-0.39, 0.29) is 24.3 Å². The summed E-state index contributed by atoms with van der Waals surface area (Å²) in [6.45, 7) is 7.46. The number of ether oxygens (including phenoxy) is 4. The van der Waals surface area contributed by atoms with Gasteiger partial charge in [0.1, 0.15) is 0 Å². The van der Waals surface area contributed by atoms with E-state index in [1.165, 1.54) is 23.0 Å². The Balaban J connectivity index is 1.91. The van der Waals surface area contributed by atoms with E-state index in [9.17, 15) is 14.4 Å². The van der Waals surface area contributed by atoms with Crippen LogP contribution in [0.1, 0.15) is 43.5 Å². The molecule has 1 atom stereocenters. The fourth-order valence-corrected chi connectivity index (χ4v) is 5.31. The average Bonchev–Trinajstić information content (AvgIpc) is 3.22. The van der Waals surface area contributed by atoms with E-state index in [0.717, 1.165) is 11.1 Å². The van der Waals surface area contributed by atoms with Gasteiger partial charge in [-0.2, -0.15) is 0 Å². The fourth-order valence-electron chi connectivity index (χ4n) is 4.27. The lowest BCUT2D eigenvalue weighted by Crippen LogP contribution is -2.40. The third kappa shape index (κ3) is 5.80. The van der Waals surface area contributed by atoms with Crippen molar-refractivity contribution in [3.8, 4) is 11.5 Å². The highest BCUT2D eigenvalue weighted by molar-refractivity contribution is 7.07. The van der Waals surface area contributed by atoms with Crippen LogP contribution in [0.3, 0.4) is 0 Å². The molecule has 0 saturated heterocycles. The van der Waals surface area contributed by atoms with Crippen LogP contribution in [0.2, 0.25) is 0 Å². The van der Waals surface area contributed by atoms with E-state index in [2.05, 4.69) is 9.73 Å². The maximum atomic E-state index is 13.8. The van der Waals surface area contributed by atoms with Gasteiger partial charge in [-0.1, -0.05) is 41.7 Å².